The number of unbranched alkanes of at least 4 members (excludes halogenated alkanes) is 1. The third-order valence-corrected chi connectivity index (χ3v) is 2.20. The average molecular weight is 224 g/mol. The van der Waals surface area contributed by atoms with Crippen molar-refractivity contribution < 1.29 is 9.85 Å². The lowest BCUT2D eigenvalue weighted by atomic mass is 10.1. The number of rotatable bonds is 5. The van der Waals surface area contributed by atoms with Crippen LogP contribution >= 0.6 is 0 Å². The standard InChI is InChI=1S/C10H12N2O4/c1-2-3-4-8-5-9(11(13)14)7-10(6-8)12(15)16/h5-7H,2-4H2,1H3. The van der Waals surface area contributed by atoms with Crippen LogP contribution < -0.4 is 0 Å². The summed E-state index contributed by atoms with van der Waals surface area (Å²) < 4.78 is 0. The molecular weight excluding hydrogens is 212 g/mol. The number of nitrogens with zero attached hydrogens (tertiary/aromatic N) is 2. The molecular formula is C10H12N2O4. The molecule has 0 aromatic heterocycles. The maximum Gasteiger partial charge on any atom is 0.276 e. The van der Waals surface area contributed by atoms with Gasteiger partial charge in [0.2, 0.25) is 0 Å². The van der Waals surface area contributed by atoms with Gasteiger partial charge in [-0.25, -0.2) is 0 Å². The summed E-state index contributed by atoms with van der Waals surface area (Å²) in [7, 11) is 0. The van der Waals surface area contributed by atoms with E-state index in [1.807, 2.05) is 6.92 Å². The van der Waals surface area contributed by atoms with Crippen molar-refractivity contribution in [1.29, 1.82) is 0 Å². The minimum atomic E-state index is -0.609. The molecule has 1 rings (SSSR count). The van der Waals surface area contributed by atoms with Crippen molar-refractivity contribution in [1.82, 2.24) is 0 Å². The first-order chi connectivity index (χ1) is 7.54. The van der Waals surface area contributed by atoms with E-state index in [-0.39, 0.29) is 11.4 Å². The molecule has 1 aromatic carbocycles. The van der Waals surface area contributed by atoms with Gasteiger partial charge in [0.25, 0.3) is 11.4 Å². The Hall–Kier alpha value is -1.98. The van der Waals surface area contributed by atoms with Crippen LogP contribution in [0, 0.1) is 20.2 Å². The summed E-state index contributed by atoms with van der Waals surface area (Å²) in [6.07, 6.45) is 2.42. The Morgan fingerprint density at radius 1 is 1.06 bits per heavy atom. The van der Waals surface area contributed by atoms with Gasteiger partial charge in [-0.2, -0.15) is 0 Å². The van der Waals surface area contributed by atoms with Gasteiger partial charge in [0.15, 0.2) is 0 Å². The maximum absolute atomic E-state index is 10.6. The summed E-state index contributed by atoms with van der Waals surface area (Å²) in [5, 5.41) is 21.2. The second-order valence-corrected chi connectivity index (χ2v) is 3.48. The van der Waals surface area contributed by atoms with Crippen molar-refractivity contribution in [3.63, 3.8) is 0 Å². The van der Waals surface area contributed by atoms with Gasteiger partial charge < -0.3 is 0 Å². The van der Waals surface area contributed by atoms with Crippen LogP contribution in [0.5, 0.6) is 0 Å². The highest BCUT2D eigenvalue weighted by Gasteiger charge is 2.15. The quantitative estimate of drug-likeness (QED) is 0.568. The van der Waals surface area contributed by atoms with Gasteiger partial charge in [-0.3, -0.25) is 20.2 Å². The van der Waals surface area contributed by atoms with Crippen molar-refractivity contribution in [2.24, 2.45) is 0 Å². The van der Waals surface area contributed by atoms with Gasteiger partial charge in [0.1, 0.15) is 0 Å². The van der Waals surface area contributed by atoms with E-state index in [4.69, 9.17) is 0 Å². The molecule has 0 bridgehead atoms. The highest BCUT2D eigenvalue weighted by atomic mass is 16.6. The summed E-state index contributed by atoms with van der Waals surface area (Å²) in [4.78, 5) is 20.0. The fourth-order valence-corrected chi connectivity index (χ4v) is 1.39. The molecule has 0 N–H and O–H groups in total. The van der Waals surface area contributed by atoms with Gasteiger partial charge in [-0.15, -0.1) is 0 Å². The van der Waals surface area contributed by atoms with E-state index in [1.54, 1.807) is 0 Å². The zero-order valence-corrected chi connectivity index (χ0v) is 8.88. The van der Waals surface area contributed by atoms with Gasteiger partial charge in [-0.05, 0) is 18.4 Å². The minimum absolute atomic E-state index is 0.222. The number of nitro groups is 2. The molecule has 6 nitrogen and oxygen atoms in total. The van der Waals surface area contributed by atoms with Crippen molar-refractivity contribution in [3.05, 3.63) is 44.0 Å². The number of aryl methyl sites for hydroxylation is 1. The third kappa shape index (κ3) is 3.01. The number of nitro benzene ring substituents is 2. The average Bonchev–Trinajstić information content (AvgIpc) is 2.25. The molecule has 0 aliphatic rings. The zero-order chi connectivity index (χ0) is 12.1. The van der Waals surface area contributed by atoms with E-state index >= 15 is 0 Å². The number of non-ortho nitro benzene ring substituents is 2. The van der Waals surface area contributed by atoms with Gasteiger partial charge in [-0.1, -0.05) is 13.3 Å². The second kappa shape index (κ2) is 5.20. The Morgan fingerprint density at radius 3 is 1.94 bits per heavy atom. The lowest BCUT2D eigenvalue weighted by Crippen LogP contribution is -1.95. The van der Waals surface area contributed by atoms with E-state index in [0.29, 0.717) is 12.0 Å². The largest absolute Gasteiger partial charge is 0.276 e. The molecule has 16 heavy (non-hydrogen) atoms. The Bertz CT molecular complexity index is 385. The monoisotopic (exact) mass is 224 g/mol. The summed E-state index contributed by atoms with van der Waals surface area (Å²) in [6.45, 7) is 1.99. The first-order valence-electron chi connectivity index (χ1n) is 4.97. The van der Waals surface area contributed by atoms with Crippen LogP contribution in [0.3, 0.4) is 0 Å². The first kappa shape index (κ1) is 12.1. The van der Waals surface area contributed by atoms with E-state index in [1.165, 1.54) is 12.1 Å². The Morgan fingerprint density at radius 2 is 1.56 bits per heavy atom. The van der Waals surface area contributed by atoms with E-state index < -0.39 is 9.85 Å². The number of benzene rings is 1. The SMILES string of the molecule is CCCCc1cc([N+](=O)[O-])cc([N+](=O)[O-])c1. The Balaban J connectivity index is 3.08. The lowest BCUT2D eigenvalue weighted by Gasteiger charge is -2.00. The van der Waals surface area contributed by atoms with Gasteiger partial charge in [0.05, 0.1) is 15.9 Å². The molecule has 0 saturated heterocycles. The molecule has 0 aliphatic heterocycles. The van der Waals surface area contributed by atoms with Crippen molar-refractivity contribution >= 4 is 11.4 Å². The van der Waals surface area contributed by atoms with Crippen molar-refractivity contribution in [3.8, 4) is 0 Å². The highest BCUT2D eigenvalue weighted by Crippen LogP contribution is 2.23. The third-order valence-electron chi connectivity index (χ3n) is 2.20. The number of hydrogen-bond acceptors (Lipinski definition) is 4. The topological polar surface area (TPSA) is 86.3 Å². The van der Waals surface area contributed by atoms with Crippen LogP contribution in [-0.2, 0) is 6.42 Å². The molecule has 0 radical (unpaired) electrons. The molecule has 0 spiro atoms. The molecule has 0 atom stereocenters. The molecule has 0 aliphatic carbocycles. The van der Waals surface area contributed by atoms with Crippen LogP contribution in [0.15, 0.2) is 18.2 Å². The minimum Gasteiger partial charge on any atom is -0.258 e. The summed E-state index contributed by atoms with van der Waals surface area (Å²) in [5.74, 6) is 0. The van der Waals surface area contributed by atoms with E-state index in [2.05, 4.69) is 0 Å². The molecule has 6 heteroatoms. The molecule has 1 aromatic rings. The predicted molar refractivity (Wildman–Crippen MR) is 58.4 cm³/mol. The normalized spacial score (nSPS) is 10.1. The summed E-state index contributed by atoms with van der Waals surface area (Å²) >= 11 is 0. The smallest absolute Gasteiger partial charge is 0.258 e. The highest BCUT2D eigenvalue weighted by molar-refractivity contribution is 5.46. The molecule has 0 saturated carbocycles. The van der Waals surface area contributed by atoms with Crippen LogP contribution in [-0.4, -0.2) is 9.85 Å². The fourth-order valence-electron chi connectivity index (χ4n) is 1.39. The molecule has 86 valence electrons. The Labute approximate surface area is 92.2 Å². The van der Waals surface area contributed by atoms with E-state index in [0.717, 1.165) is 18.9 Å². The van der Waals surface area contributed by atoms with Gasteiger partial charge >= 0.3 is 0 Å². The molecule has 0 unspecified atom stereocenters. The Kier molecular flexibility index (Phi) is 3.93. The lowest BCUT2D eigenvalue weighted by molar-refractivity contribution is -0.394. The van der Waals surface area contributed by atoms with Gasteiger partial charge in [0, 0.05) is 12.1 Å². The van der Waals surface area contributed by atoms with Crippen molar-refractivity contribution in [2.45, 2.75) is 26.2 Å². The van der Waals surface area contributed by atoms with Crippen LogP contribution in [0.4, 0.5) is 11.4 Å². The molecule has 0 heterocycles. The summed E-state index contributed by atoms with van der Waals surface area (Å²) in [5.41, 5.74) is 0.198. The molecule has 0 fully saturated rings. The number of hydrogen-bond donors (Lipinski definition) is 0. The first-order valence-corrected chi connectivity index (χ1v) is 4.97. The predicted octanol–water partition coefficient (Wildman–Crippen LogP) is 2.85. The van der Waals surface area contributed by atoms with Crippen LogP contribution in [0.1, 0.15) is 25.3 Å². The van der Waals surface area contributed by atoms with Crippen LogP contribution in [0.2, 0.25) is 0 Å². The van der Waals surface area contributed by atoms with Crippen molar-refractivity contribution in [2.75, 3.05) is 0 Å². The second-order valence-electron chi connectivity index (χ2n) is 3.48. The molecule has 0 amide bonds. The van der Waals surface area contributed by atoms with Crippen LogP contribution in [0.25, 0.3) is 0 Å². The zero-order valence-electron chi connectivity index (χ0n) is 8.88. The fraction of sp³-hybridized carbons (Fsp3) is 0.400. The maximum atomic E-state index is 10.6. The van der Waals surface area contributed by atoms with E-state index in [9.17, 15) is 20.2 Å². The summed E-state index contributed by atoms with van der Waals surface area (Å²) in [6, 6.07) is 3.76.